The van der Waals surface area contributed by atoms with Gasteiger partial charge in [0.15, 0.2) is 5.78 Å². The molecule has 0 fully saturated rings. The summed E-state index contributed by atoms with van der Waals surface area (Å²) in [5.41, 5.74) is 2.63. The number of hydrogen-bond acceptors (Lipinski definition) is 3. The van der Waals surface area contributed by atoms with Crippen LogP contribution in [0.15, 0.2) is 18.5 Å². The summed E-state index contributed by atoms with van der Waals surface area (Å²) in [4.78, 5) is 12.0. The van der Waals surface area contributed by atoms with Gasteiger partial charge in [0, 0.05) is 26.7 Å². The Balaban J connectivity index is 2.00. The molecular weight excluding hydrogens is 216 g/mol. The average Bonchev–Trinajstić information content (AvgIpc) is 2.81. The molecule has 0 bridgehead atoms. The average molecular weight is 232 g/mol. The molecule has 2 aromatic rings. The SMILES string of the molecule is Cc1cc(C(=O)CCc2cnn(C)c2)n(C)n1. The number of nitrogens with zero attached hydrogens (tertiary/aromatic N) is 4. The molecule has 0 saturated carbocycles. The smallest absolute Gasteiger partial charge is 0.181 e. The van der Waals surface area contributed by atoms with Gasteiger partial charge in [-0.3, -0.25) is 14.2 Å². The number of aryl methyl sites for hydroxylation is 4. The van der Waals surface area contributed by atoms with Gasteiger partial charge >= 0.3 is 0 Å². The highest BCUT2D eigenvalue weighted by Gasteiger charge is 2.12. The Hall–Kier alpha value is -1.91. The minimum absolute atomic E-state index is 0.122. The summed E-state index contributed by atoms with van der Waals surface area (Å²) in [6.07, 6.45) is 4.94. The van der Waals surface area contributed by atoms with Crippen molar-refractivity contribution in [2.75, 3.05) is 0 Å². The lowest BCUT2D eigenvalue weighted by molar-refractivity contribution is 0.0973. The molecule has 2 aromatic heterocycles. The van der Waals surface area contributed by atoms with Gasteiger partial charge < -0.3 is 0 Å². The highest BCUT2D eigenvalue weighted by Crippen LogP contribution is 2.08. The van der Waals surface area contributed by atoms with Crippen LogP contribution in [0.5, 0.6) is 0 Å². The Morgan fingerprint density at radius 3 is 2.71 bits per heavy atom. The zero-order chi connectivity index (χ0) is 12.4. The molecule has 0 N–H and O–H groups in total. The van der Waals surface area contributed by atoms with Crippen LogP contribution in [0.2, 0.25) is 0 Å². The van der Waals surface area contributed by atoms with E-state index in [9.17, 15) is 4.79 Å². The number of carbonyl (C=O) groups excluding carboxylic acids is 1. The molecule has 0 amide bonds. The molecule has 0 aromatic carbocycles. The molecule has 5 nitrogen and oxygen atoms in total. The lowest BCUT2D eigenvalue weighted by Crippen LogP contribution is -2.07. The van der Waals surface area contributed by atoms with Crippen molar-refractivity contribution in [2.45, 2.75) is 19.8 Å². The third kappa shape index (κ3) is 2.61. The Morgan fingerprint density at radius 2 is 2.18 bits per heavy atom. The van der Waals surface area contributed by atoms with Crippen LogP contribution in [-0.2, 0) is 20.5 Å². The molecule has 0 atom stereocenters. The largest absolute Gasteiger partial charge is 0.292 e. The lowest BCUT2D eigenvalue weighted by atomic mass is 10.1. The standard InChI is InChI=1S/C12H16N4O/c1-9-6-11(16(3)14-9)12(17)5-4-10-7-13-15(2)8-10/h6-8H,4-5H2,1-3H3. The monoisotopic (exact) mass is 232 g/mol. The van der Waals surface area contributed by atoms with Crippen molar-refractivity contribution in [3.63, 3.8) is 0 Å². The van der Waals surface area contributed by atoms with Gasteiger partial charge in [0.05, 0.1) is 11.9 Å². The van der Waals surface area contributed by atoms with Gasteiger partial charge in [-0.15, -0.1) is 0 Å². The predicted molar refractivity (Wildman–Crippen MR) is 63.8 cm³/mol. The zero-order valence-electron chi connectivity index (χ0n) is 10.3. The van der Waals surface area contributed by atoms with E-state index >= 15 is 0 Å². The third-order valence-corrected chi connectivity index (χ3v) is 2.69. The van der Waals surface area contributed by atoms with Crippen molar-refractivity contribution in [1.82, 2.24) is 19.6 Å². The molecule has 0 saturated heterocycles. The fourth-order valence-corrected chi connectivity index (χ4v) is 1.86. The van der Waals surface area contributed by atoms with Crippen LogP contribution in [-0.4, -0.2) is 25.3 Å². The van der Waals surface area contributed by atoms with Crippen LogP contribution in [0.3, 0.4) is 0 Å². The minimum Gasteiger partial charge on any atom is -0.292 e. The van der Waals surface area contributed by atoms with Crippen molar-refractivity contribution in [3.05, 3.63) is 35.4 Å². The zero-order valence-corrected chi connectivity index (χ0v) is 10.3. The summed E-state index contributed by atoms with van der Waals surface area (Å²) in [6.45, 7) is 1.89. The van der Waals surface area contributed by atoms with Gasteiger partial charge in [-0.05, 0) is 25.0 Å². The molecule has 2 heterocycles. The van der Waals surface area contributed by atoms with Crippen LogP contribution in [0.4, 0.5) is 0 Å². The first-order valence-corrected chi connectivity index (χ1v) is 5.57. The summed E-state index contributed by atoms with van der Waals surface area (Å²) in [7, 11) is 3.67. The maximum absolute atomic E-state index is 12.0. The van der Waals surface area contributed by atoms with E-state index in [1.54, 1.807) is 22.6 Å². The number of aromatic nitrogens is 4. The van der Waals surface area contributed by atoms with E-state index in [-0.39, 0.29) is 5.78 Å². The number of rotatable bonds is 4. The van der Waals surface area contributed by atoms with Crippen LogP contribution < -0.4 is 0 Å². The van der Waals surface area contributed by atoms with Crippen molar-refractivity contribution in [1.29, 1.82) is 0 Å². The summed E-state index contributed by atoms with van der Waals surface area (Å²) in [5.74, 6) is 0.122. The van der Waals surface area contributed by atoms with Gasteiger partial charge in [-0.2, -0.15) is 10.2 Å². The molecule has 90 valence electrons. The summed E-state index contributed by atoms with van der Waals surface area (Å²) in [6, 6.07) is 1.82. The van der Waals surface area contributed by atoms with Gasteiger partial charge in [0.25, 0.3) is 0 Å². The normalized spacial score (nSPS) is 10.8. The molecule has 0 spiro atoms. The molecule has 0 aliphatic rings. The fraction of sp³-hybridized carbons (Fsp3) is 0.417. The van der Waals surface area contributed by atoms with Crippen molar-refractivity contribution in [3.8, 4) is 0 Å². The fourth-order valence-electron chi connectivity index (χ4n) is 1.86. The van der Waals surface area contributed by atoms with E-state index in [0.717, 1.165) is 17.7 Å². The quantitative estimate of drug-likeness (QED) is 0.746. The molecular formula is C12H16N4O. The minimum atomic E-state index is 0.122. The molecule has 0 unspecified atom stereocenters. The first-order valence-electron chi connectivity index (χ1n) is 5.57. The maximum atomic E-state index is 12.0. The topological polar surface area (TPSA) is 52.7 Å². The number of hydrogen-bond donors (Lipinski definition) is 0. The summed E-state index contributed by atoms with van der Waals surface area (Å²) in [5, 5.41) is 8.25. The first kappa shape index (κ1) is 11.6. The van der Waals surface area contributed by atoms with Crippen LogP contribution in [0.1, 0.15) is 28.2 Å². The highest BCUT2D eigenvalue weighted by molar-refractivity contribution is 5.94. The number of ketones is 1. The van der Waals surface area contributed by atoms with Crippen LogP contribution in [0.25, 0.3) is 0 Å². The lowest BCUT2D eigenvalue weighted by Gasteiger charge is -1.99. The van der Waals surface area contributed by atoms with Gasteiger partial charge in [0.1, 0.15) is 5.69 Å². The Labute approximate surface area is 100 Å². The molecule has 17 heavy (non-hydrogen) atoms. The molecule has 2 rings (SSSR count). The summed E-state index contributed by atoms with van der Waals surface area (Å²) >= 11 is 0. The first-order chi connectivity index (χ1) is 8.06. The number of Topliss-reactive ketones (excluding diaryl/α,β-unsaturated/α-hetero) is 1. The number of carbonyl (C=O) groups is 1. The van der Waals surface area contributed by atoms with E-state index < -0.39 is 0 Å². The molecule has 5 heteroatoms. The van der Waals surface area contributed by atoms with Crippen LogP contribution >= 0.6 is 0 Å². The van der Waals surface area contributed by atoms with Crippen LogP contribution in [0, 0.1) is 6.92 Å². The predicted octanol–water partition coefficient (Wildman–Crippen LogP) is 1.28. The third-order valence-electron chi connectivity index (χ3n) is 2.69. The van der Waals surface area contributed by atoms with Crippen molar-refractivity contribution < 1.29 is 4.79 Å². The van der Waals surface area contributed by atoms with Crippen molar-refractivity contribution >= 4 is 5.78 Å². The second-order valence-corrected chi connectivity index (χ2v) is 4.24. The molecule has 0 radical (unpaired) electrons. The van der Waals surface area contributed by atoms with E-state index in [4.69, 9.17) is 0 Å². The van der Waals surface area contributed by atoms with Gasteiger partial charge in [-0.25, -0.2) is 0 Å². The Bertz CT molecular complexity index is 538. The highest BCUT2D eigenvalue weighted by atomic mass is 16.1. The van der Waals surface area contributed by atoms with Gasteiger partial charge in [0.2, 0.25) is 0 Å². The maximum Gasteiger partial charge on any atom is 0.181 e. The molecule has 0 aliphatic heterocycles. The Kier molecular flexibility index (Phi) is 3.08. The summed E-state index contributed by atoms with van der Waals surface area (Å²) < 4.78 is 3.38. The van der Waals surface area contributed by atoms with E-state index in [0.29, 0.717) is 12.1 Å². The Morgan fingerprint density at radius 1 is 1.41 bits per heavy atom. The second-order valence-electron chi connectivity index (χ2n) is 4.24. The van der Waals surface area contributed by atoms with E-state index in [2.05, 4.69) is 10.2 Å². The van der Waals surface area contributed by atoms with Gasteiger partial charge in [-0.1, -0.05) is 0 Å². The van der Waals surface area contributed by atoms with E-state index in [1.807, 2.05) is 26.2 Å². The second kappa shape index (κ2) is 4.53. The molecule has 0 aliphatic carbocycles. The van der Waals surface area contributed by atoms with E-state index in [1.165, 1.54) is 0 Å². The van der Waals surface area contributed by atoms with Crippen molar-refractivity contribution in [2.24, 2.45) is 14.1 Å².